The van der Waals surface area contributed by atoms with Crippen LogP contribution in [0.4, 0.5) is 0 Å². The molecule has 2 fully saturated rings. The van der Waals surface area contributed by atoms with Gasteiger partial charge in [-0.25, -0.2) is 0 Å². The summed E-state index contributed by atoms with van der Waals surface area (Å²) in [6, 6.07) is 5.25. The summed E-state index contributed by atoms with van der Waals surface area (Å²) in [6.45, 7) is 9.45. The molecule has 0 spiro atoms. The predicted octanol–water partition coefficient (Wildman–Crippen LogP) is 1.13. The highest BCUT2D eigenvalue weighted by atomic mass is 16.5. The molecular weight excluding hydrogens is 346 g/mol. The molecule has 2 heterocycles. The predicted molar refractivity (Wildman–Crippen MR) is 102 cm³/mol. The third-order valence-corrected chi connectivity index (χ3v) is 5.30. The van der Waals surface area contributed by atoms with Gasteiger partial charge in [0.05, 0.1) is 25.3 Å². The highest BCUT2D eigenvalue weighted by Gasteiger charge is 2.27. The number of aromatic hydroxyl groups is 1. The van der Waals surface area contributed by atoms with E-state index in [2.05, 4.69) is 4.90 Å². The van der Waals surface area contributed by atoms with E-state index in [0.29, 0.717) is 57.4 Å². The molecule has 1 aromatic carbocycles. The van der Waals surface area contributed by atoms with E-state index in [-0.39, 0.29) is 17.6 Å². The van der Waals surface area contributed by atoms with Gasteiger partial charge >= 0.3 is 0 Å². The number of carbonyl (C=O) groups is 2. The van der Waals surface area contributed by atoms with Crippen LogP contribution in [0.1, 0.15) is 35.7 Å². The van der Waals surface area contributed by atoms with E-state index in [1.807, 2.05) is 24.8 Å². The van der Waals surface area contributed by atoms with Crippen molar-refractivity contribution in [3.8, 4) is 5.75 Å². The first-order valence-corrected chi connectivity index (χ1v) is 9.65. The molecule has 1 aromatic rings. The third kappa shape index (κ3) is 4.78. The number of nitrogens with zero attached hydrogens (tertiary/aromatic N) is 3. The van der Waals surface area contributed by atoms with Crippen LogP contribution in [0, 0.1) is 0 Å². The number of morpholine rings is 1. The number of piperazine rings is 1. The maximum atomic E-state index is 12.7. The van der Waals surface area contributed by atoms with Gasteiger partial charge < -0.3 is 19.6 Å². The van der Waals surface area contributed by atoms with Crippen LogP contribution in [-0.2, 0) is 9.53 Å². The topological polar surface area (TPSA) is 73.3 Å². The highest BCUT2D eigenvalue weighted by molar-refractivity contribution is 5.97. The molecule has 2 amide bonds. The second-order valence-electron chi connectivity index (χ2n) is 7.49. The van der Waals surface area contributed by atoms with Crippen molar-refractivity contribution in [2.75, 3.05) is 59.0 Å². The van der Waals surface area contributed by atoms with E-state index in [1.54, 1.807) is 17.0 Å². The lowest BCUT2D eigenvalue weighted by molar-refractivity contribution is -0.134. The Morgan fingerprint density at radius 3 is 2.26 bits per heavy atom. The smallest absolute Gasteiger partial charge is 0.257 e. The number of rotatable bonds is 4. The molecule has 0 aliphatic carbocycles. The Morgan fingerprint density at radius 2 is 1.67 bits per heavy atom. The van der Waals surface area contributed by atoms with Crippen molar-refractivity contribution in [3.05, 3.63) is 29.3 Å². The Morgan fingerprint density at radius 1 is 1.04 bits per heavy atom. The average Bonchev–Trinajstić information content (AvgIpc) is 2.68. The normalized spacial score (nSPS) is 18.8. The highest BCUT2D eigenvalue weighted by Crippen LogP contribution is 2.25. The number of amides is 2. The van der Waals surface area contributed by atoms with Crippen molar-refractivity contribution in [2.24, 2.45) is 0 Å². The van der Waals surface area contributed by atoms with E-state index >= 15 is 0 Å². The van der Waals surface area contributed by atoms with Crippen molar-refractivity contribution in [3.63, 3.8) is 0 Å². The number of phenols is 1. The fraction of sp³-hybridized carbons (Fsp3) is 0.600. The second-order valence-corrected chi connectivity index (χ2v) is 7.49. The van der Waals surface area contributed by atoms with Gasteiger partial charge in [0.25, 0.3) is 5.91 Å². The lowest BCUT2D eigenvalue weighted by Crippen LogP contribution is -2.53. The van der Waals surface area contributed by atoms with Gasteiger partial charge in [0.1, 0.15) is 5.75 Å². The first-order valence-electron chi connectivity index (χ1n) is 9.65. The number of hydrogen-bond acceptors (Lipinski definition) is 5. The quantitative estimate of drug-likeness (QED) is 0.854. The van der Waals surface area contributed by atoms with Gasteiger partial charge in [-0.05, 0) is 23.6 Å². The van der Waals surface area contributed by atoms with Crippen molar-refractivity contribution in [1.82, 2.24) is 14.7 Å². The summed E-state index contributed by atoms with van der Waals surface area (Å²) in [5.74, 6) is 0.245. The summed E-state index contributed by atoms with van der Waals surface area (Å²) in [5, 5.41) is 10.2. The number of phenolic OH excluding ortho intramolecular Hbond substituents is 1. The van der Waals surface area contributed by atoms with Crippen LogP contribution >= 0.6 is 0 Å². The van der Waals surface area contributed by atoms with Crippen LogP contribution < -0.4 is 0 Å². The lowest BCUT2D eigenvalue weighted by Gasteiger charge is -2.36. The van der Waals surface area contributed by atoms with E-state index in [4.69, 9.17) is 4.74 Å². The van der Waals surface area contributed by atoms with Crippen molar-refractivity contribution < 1.29 is 19.4 Å². The third-order valence-electron chi connectivity index (χ3n) is 5.30. The number of hydrogen-bond donors (Lipinski definition) is 1. The van der Waals surface area contributed by atoms with Crippen LogP contribution in [0.2, 0.25) is 0 Å². The van der Waals surface area contributed by atoms with Gasteiger partial charge in [-0.1, -0.05) is 19.9 Å². The molecule has 2 aliphatic rings. The Kier molecular flexibility index (Phi) is 6.34. The number of ether oxygens (including phenoxy) is 1. The lowest BCUT2D eigenvalue weighted by atomic mass is 10.0. The Labute approximate surface area is 160 Å². The van der Waals surface area contributed by atoms with Crippen LogP contribution in [0.15, 0.2) is 18.2 Å². The van der Waals surface area contributed by atoms with E-state index in [1.165, 1.54) is 0 Å². The fourth-order valence-corrected chi connectivity index (χ4v) is 3.47. The molecule has 0 atom stereocenters. The molecule has 7 heteroatoms. The molecule has 0 unspecified atom stereocenters. The molecule has 148 valence electrons. The zero-order valence-corrected chi connectivity index (χ0v) is 16.2. The van der Waals surface area contributed by atoms with E-state index < -0.39 is 0 Å². The molecule has 3 rings (SSSR count). The van der Waals surface area contributed by atoms with E-state index in [9.17, 15) is 14.7 Å². The largest absolute Gasteiger partial charge is 0.507 e. The fourth-order valence-electron chi connectivity index (χ4n) is 3.47. The van der Waals surface area contributed by atoms with Gasteiger partial charge in [0, 0.05) is 39.3 Å². The first-order chi connectivity index (χ1) is 13.0. The summed E-state index contributed by atoms with van der Waals surface area (Å²) >= 11 is 0. The van der Waals surface area contributed by atoms with Crippen LogP contribution in [-0.4, -0.2) is 90.6 Å². The summed E-state index contributed by atoms with van der Waals surface area (Å²) in [5.41, 5.74) is 1.33. The van der Waals surface area contributed by atoms with Crippen molar-refractivity contribution >= 4 is 11.8 Å². The molecule has 0 aromatic heterocycles. The summed E-state index contributed by atoms with van der Waals surface area (Å²) < 4.78 is 5.31. The van der Waals surface area contributed by atoms with Gasteiger partial charge in [0.2, 0.25) is 5.91 Å². The Balaban J connectivity index is 1.54. The monoisotopic (exact) mass is 375 g/mol. The Bertz CT molecular complexity index is 678. The van der Waals surface area contributed by atoms with Gasteiger partial charge in [-0.15, -0.1) is 0 Å². The molecule has 27 heavy (non-hydrogen) atoms. The zero-order valence-electron chi connectivity index (χ0n) is 16.2. The minimum atomic E-state index is -0.178. The maximum absolute atomic E-state index is 12.7. The number of carbonyl (C=O) groups excluding carboxylic acids is 2. The van der Waals surface area contributed by atoms with Gasteiger partial charge in [-0.3, -0.25) is 14.5 Å². The molecule has 1 N–H and O–H groups in total. The van der Waals surface area contributed by atoms with Crippen LogP contribution in [0.25, 0.3) is 0 Å². The summed E-state index contributed by atoms with van der Waals surface area (Å²) in [4.78, 5) is 30.8. The van der Waals surface area contributed by atoms with Crippen LogP contribution in [0.3, 0.4) is 0 Å². The second kappa shape index (κ2) is 8.71. The van der Waals surface area contributed by atoms with Crippen molar-refractivity contribution in [1.29, 1.82) is 0 Å². The SMILES string of the molecule is CC(C)c1ccc(C(=O)N2CCN(C(=O)CN3CCOCC3)CC2)c(O)c1. The van der Waals surface area contributed by atoms with Crippen LogP contribution in [0.5, 0.6) is 5.75 Å². The number of benzene rings is 1. The summed E-state index contributed by atoms with van der Waals surface area (Å²) in [7, 11) is 0. The zero-order chi connectivity index (χ0) is 19.4. The van der Waals surface area contributed by atoms with E-state index in [0.717, 1.165) is 18.7 Å². The minimum Gasteiger partial charge on any atom is -0.507 e. The molecule has 7 nitrogen and oxygen atoms in total. The maximum Gasteiger partial charge on any atom is 0.257 e. The molecule has 0 bridgehead atoms. The minimum absolute atomic E-state index is 0.0250. The molecule has 2 aliphatic heterocycles. The van der Waals surface area contributed by atoms with Gasteiger partial charge in [0.15, 0.2) is 0 Å². The van der Waals surface area contributed by atoms with Crippen molar-refractivity contribution in [2.45, 2.75) is 19.8 Å². The standard InChI is InChI=1S/C20H29N3O4/c1-15(2)16-3-4-17(18(24)13-16)20(26)23-7-5-22(6-8-23)19(25)14-21-9-11-27-12-10-21/h3-4,13,15,24H,5-12,14H2,1-2H3. The molecule has 0 radical (unpaired) electrons. The summed E-state index contributed by atoms with van der Waals surface area (Å²) in [6.07, 6.45) is 0. The molecule has 0 saturated carbocycles. The average molecular weight is 375 g/mol. The first kappa shape index (κ1) is 19.6. The molecular formula is C20H29N3O4. The Hall–Kier alpha value is -2.12. The molecule has 2 saturated heterocycles. The van der Waals surface area contributed by atoms with Gasteiger partial charge in [-0.2, -0.15) is 0 Å².